The van der Waals surface area contributed by atoms with Gasteiger partial charge in [0.15, 0.2) is 0 Å². The SMILES string of the molecule is CCCn1c(C2(CCC)CCCN2)nc2cnccc21. The number of aryl methyl sites for hydroxylation is 1. The molecule has 1 fully saturated rings. The van der Waals surface area contributed by atoms with Crippen LogP contribution in [0.15, 0.2) is 18.5 Å². The summed E-state index contributed by atoms with van der Waals surface area (Å²) in [6.07, 6.45) is 9.67. The van der Waals surface area contributed by atoms with Crippen molar-refractivity contribution in [2.45, 2.75) is 58.0 Å². The standard InChI is InChI=1S/C16H24N4/c1-3-7-16(8-5-9-18-16)15-19-13-12-17-10-6-14(13)20(15)11-4-2/h6,10,12,18H,3-5,7-9,11H2,1-2H3. The van der Waals surface area contributed by atoms with Crippen molar-refractivity contribution in [2.24, 2.45) is 0 Å². The van der Waals surface area contributed by atoms with Crippen LogP contribution in [0.25, 0.3) is 11.0 Å². The Bertz CT molecular complexity index is 581. The van der Waals surface area contributed by atoms with Crippen molar-refractivity contribution in [2.75, 3.05) is 6.54 Å². The summed E-state index contributed by atoms with van der Waals surface area (Å²) in [6.45, 7) is 6.62. The first-order chi connectivity index (χ1) is 9.80. The number of imidazole rings is 1. The summed E-state index contributed by atoms with van der Waals surface area (Å²) in [6, 6.07) is 2.09. The Morgan fingerprint density at radius 1 is 1.35 bits per heavy atom. The van der Waals surface area contributed by atoms with E-state index < -0.39 is 0 Å². The van der Waals surface area contributed by atoms with E-state index >= 15 is 0 Å². The molecule has 0 saturated carbocycles. The second-order valence-corrected chi connectivity index (χ2v) is 5.81. The molecule has 0 bridgehead atoms. The number of pyridine rings is 1. The maximum Gasteiger partial charge on any atom is 0.130 e. The second-order valence-electron chi connectivity index (χ2n) is 5.81. The average Bonchev–Trinajstić information content (AvgIpc) is 3.06. The lowest BCUT2D eigenvalue weighted by Crippen LogP contribution is -2.39. The van der Waals surface area contributed by atoms with Crippen molar-refractivity contribution >= 4 is 11.0 Å². The highest BCUT2D eigenvalue weighted by Crippen LogP contribution is 2.36. The Morgan fingerprint density at radius 3 is 2.95 bits per heavy atom. The topological polar surface area (TPSA) is 42.7 Å². The monoisotopic (exact) mass is 272 g/mol. The number of hydrogen-bond donors (Lipinski definition) is 1. The van der Waals surface area contributed by atoms with Crippen molar-refractivity contribution in [3.8, 4) is 0 Å². The maximum atomic E-state index is 4.94. The largest absolute Gasteiger partial charge is 0.326 e. The molecule has 1 atom stereocenters. The number of nitrogens with one attached hydrogen (secondary N) is 1. The van der Waals surface area contributed by atoms with Crippen LogP contribution in [0.2, 0.25) is 0 Å². The summed E-state index contributed by atoms with van der Waals surface area (Å²) in [5.74, 6) is 1.22. The fourth-order valence-electron chi connectivity index (χ4n) is 3.55. The minimum absolute atomic E-state index is 0.0724. The molecule has 0 aromatic carbocycles. The molecule has 1 N–H and O–H groups in total. The quantitative estimate of drug-likeness (QED) is 0.908. The Hall–Kier alpha value is -1.42. The number of aromatic nitrogens is 3. The third kappa shape index (κ3) is 2.12. The van der Waals surface area contributed by atoms with Gasteiger partial charge in [-0.05, 0) is 38.3 Å². The van der Waals surface area contributed by atoms with Crippen LogP contribution in [0, 0.1) is 0 Å². The van der Waals surface area contributed by atoms with Gasteiger partial charge >= 0.3 is 0 Å². The molecule has 0 aliphatic carbocycles. The molecule has 3 heterocycles. The number of fused-ring (bicyclic) bond motifs is 1. The third-order valence-corrected chi connectivity index (χ3v) is 4.35. The first kappa shape index (κ1) is 13.6. The van der Waals surface area contributed by atoms with Gasteiger partial charge in [-0.1, -0.05) is 20.3 Å². The van der Waals surface area contributed by atoms with Gasteiger partial charge in [-0.25, -0.2) is 4.98 Å². The minimum atomic E-state index is 0.0724. The highest BCUT2D eigenvalue weighted by atomic mass is 15.2. The molecule has 1 aliphatic heterocycles. The molecule has 108 valence electrons. The van der Waals surface area contributed by atoms with Crippen LogP contribution < -0.4 is 5.32 Å². The molecule has 0 amide bonds. The fraction of sp³-hybridized carbons (Fsp3) is 0.625. The minimum Gasteiger partial charge on any atom is -0.326 e. The van der Waals surface area contributed by atoms with Crippen LogP contribution in [0.1, 0.15) is 51.8 Å². The zero-order valence-corrected chi connectivity index (χ0v) is 12.5. The molecule has 4 nitrogen and oxygen atoms in total. The van der Waals surface area contributed by atoms with Gasteiger partial charge in [-0.15, -0.1) is 0 Å². The molecule has 1 aliphatic rings. The van der Waals surface area contributed by atoms with Crippen LogP contribution in [-0.2, 0) is 12.1 Å². The van der Waals surface area contributed by atoms with Gasteiger partial charge in [0.1, 0.15) is 11.3 Å². The predicted octanol–water partition coefficient (Wildman–Crippen LogP) is 3.22. The van der Waals surface area contributed by atoms with Crippen LogP contribution in [0.4, 0.5) is 0 Å². The van der Waals surface area contributed by atoms with Gasteiger partial charge in [0.2, 0.25) is 0 Å². The highest BCUT2D eigenvalue weighted by molar-refractivity contribution is 5.75. The van der Waals surface area contributed by atoms with E-state index in [1.165, 1.54) is 30.6 Å². The molecular formula is C16H24N4. The molecular weight excluding hydrogens is 248 g/mol. The van der Waals surface area contributed by atoms with Crippen LogP contribution in [-0.4, -0.2) is 21.1 Å². The predicted molar refractivity (Wildman–Crippen MR) is 81.6 cm³/mol. The second kappa shape index (κ2) is 5.52. The Morgan fingerprint density at radius 2 is 2.25 bits per heavy atom. The summed E-state index contributed by atoms with van der Waals surface area (Å²) >= 11 is 0. The normalized spacial score (nSPS) is 22.7. The zero-order valence-electron chi connectivity index (χ0n) is 12.5. The van der Waals surface area contributed by atoms with Gasteiger partial charge in [0.05, 0.1) is 17.3 Å². The Labute approximate surface area is 120 Å². The van der Waals surface area contributed by atoms with Gasteiger partial charge in [0, 0.05) is 12.7 Å². The maximum absolute atomic E-state index is 4.94. The summed E-state index contributed by atoms with van der Waals surface area (Å²) in [5, 5.41) is 3.74. The van der Waals surface area contributed by atoms with Gasteiger partial charge in [-0.2, -0.15) is 0 Å². The van der Waals surface area contributed by atoms with Crippen molar-refractivity contribution in [3.63, 3.8) is 0 Å². The van der Waals surface area contributed by atoms with Crippen molar-refractivity contribution in [3.05, 3.63) is 24.3 Å². The van der Waals surface area contributed by atoms with Gasteiger partial charge < -0.3 is 9.88 Å². The molecule has 3 rings (SSSR count). The van der Waals surface area contributed by atoms with Crippen molar-refractivity contribution in [1.82, 2.24) is 19.9 Å². The van der Waals surface area contributed by atoms with Crippen LogP contribution >= 0.6 is 0 Å². The fourth-order valence-corrected chi connectivity index (χ4v) is 3.55. The summed E-state index contributed by atoms with van der Waals surface area (Å²) in [7, 11) is 0. The molecule has 0 radical (unpaired) electrons. The molecule has 0 spiro atoms. The number of hydrogen-bond acceptors (Lipinski definition) is 3. The van der Waals surface area contributed by atoms with E-state index in [0.717, 1.165) is 31.4 Å². The lowest BCUT2D eigenvalue weighted by Gasteiger charge is -2.29. The third-order valence-electron chi connectivity index (χ3n) is 4.35. The molecule has 4 heteroatoms. The average molecular weight is 272 g/mol. The lowest BCUT2D eigenvalue weighted by molar-refractivity contribution is 0.322. The van der Waals surface area contributed by atoms with Crippen LogP contribution in [0.5, 0.6) is 0 Å². The van der Waals surface area contributed by atoms with E-state index in [0.29, 0.717) is 0 Å². The first-order valence-electron chi connectivity index (χ1n) is 7.86. The molecule has 20 heavy (non-hydrogen) atoms. The molecule has 2 aromatic heterocycles. The lowest BCUT2D eigenvalue weighted by atomic mass is 9.91. The van der Waals surface area contributed by atoms with E-state index in [2.05, 4.69) is 34.8 Å². The summed E-state index contributed by atoms with van der Waals surface area (Å²) in [4.78, 5) is 9.17. The Balaban J connectivity index is 2.15. The zero-order chi connectivity index (χ0) is 14.0. The van der Waals surface area contributed by atoms with Crippen LogP contribution in [0.3, 0.4) is 0 Å². The van der Waals surface area contributed by atoms with E-state index in [9.17, 15) is 0 Å². The van der Waals surface area contributed by atoms with Crippen molar-refractivity contribution < 1.29 is 0 Å². The highest BCUT2D eigenvalue weighted by Gasteiger charge is 2.38. The van der Waals surface area contributed by atoms with Crippen molar-refractivity contribution in [1.29, 1.82) is 0 Å². The number of nitrogens with zero attached hydrogens (tertiary/aromatic N) is 3. The summed E-state index contributed by atoms with van der Waals surface area (Å²) in [5.41, 5.74) is 2.32. The van der Waals surface area contributed by atoms with Gasteiger partial charge in [-0.3, -0.25) is 4.98 Å². The molecule has 1 saturated heterocycles. The molecule has 2 aromatic rings. The van der Waals surface area contributed by atoms with E-state index in [4.69, 9.17) is 4.98 Å². The van der Waals surface area contributed by atoms with Gasteiger partial charge in [0.25, 0.3) is 0 Å². The van der Waals surface area contributed by atoms with E-state index in [-0.39, 0.29) is 5.54 Å². The van der Waals surface area contributed by atoms with E-state index in [1.807, 2.05) is 12.4 Å². The smallest absolute Gasteiger partial charge is 0.130 e. The molecule has 1 unspecified atom stereocenters. The first-order valence-corrected chi connectivity index (χ1v) is 7.86. The van der Waals surface area contributed by atoms with E-state index in [1.54, 1.807) is 0 Å². The number of rotatable bonds is 5. The summed E-state index contributed by atoms with van der Waals surface area (Å²) < 4.78 is 2.41. The Kier molecular flexibility index (Phi) is 3.74.